The number of hydrogen-bond acceptors (Lipinski definition) is 4. The van der Waals surface area contributed by atoms with Gasteiger partial charge in [-0.1, -0.05) is 27.5 Å². The molecular weight excluding hydrogens is 316 g/mol. The number of nitrogens with zero attached hydrogens (tertiary/aromatic N) is 3. The Morgan fingerprint density at radius 1 is 1.33 bits per heavy atom. The maximum atomic E-state index is 8.85. The third kappa shape index (κ3) is 2.97. The van der Waals surface area contributed by atoms with Crippen LogP contribution in [0.1, 0.15) is 11.4 Å². The zero-order chi connectivity index (χ0) is 13.1. The van der Waals surface area contributed by atoms with E-state index in [1.807, 2.05) is 18.2 Å². The van der Waals surface area contributed by atoms with Crippen LogP contribution < -0.4 is 5.32 Å². The van der Waals surface area contributed by atoms with Crippen molar-refractivity contribution in [3.8, 4) is 6.07 Å². The molecule has 1 aromatic carbocycles. The van der Waals surface area contributed by atoms with E-state index in [1.165, 1.54) is 0 Å². The maximum absolute atomic E-state index is 8.85. The topological polar surface area (TPSA) is 61.6 Å². The van der Waals surface area contributed by atoms with Gasteiger partial charge in [-0.15, -0.1) is 0 Å². The minimum Gasteiger partial charge on any atom is -0.323 e. The van der Waals surface area contributed by atoms with E-state index < -0.39 is 0 Å². The van der Waals surface area contributed by atoms with Gasteiger partial charge in [-0.3, -0.25) is 0 Å². The highest BCUT2D eigenvalue weighted by Gasteiger charge is 2.05. The number of anilines is 2. The summed E-state index contributed by atoms with van der Waals surface area (Å²) in [7, 11) is 0. The third-order valence-electron chi connectivity index (χ3n) is 2.14. The lowest BCUT2D eigenvalue weighted by molar-refractivity contribution is 1.09. The second-order valence-electron chi connectivity index (χ2n) is 3.58. The highest BCUT2D eigenvalue weighted by molar-refractivity contribution is 9.10. The molecule has 0 fully saturated rings. The summed E-state index contributed by atoms with van der Waals surface area (Å²) in [6, 6.07) is 9.02. The number of nitriles is 1. The molecule has 0 amide bonds. The minimum absolute atomic E-state index is 0.316. The van der Waals surface area contributed by atoms with Crippen molar-refractivity contribution in [3.63, 3.8) is 0 Å². The monoisotopic (exact) mass is 322 g/mol. The first kappa shape index (κ1) is 12.8. The summed E-state index contributed by atoms with van der Waals surface area (Å²) in [6.45, 7) is 1.80. The molecule has 90 valence electrons. The van der Waals surface area contributed by atoms with Crippen LogP contribution in [0.4, 0.5) is 11.6 Å². The molecule has 0 aliphatic heterocycles. The highest BCUT2D eigenvalue weighted by Crippen LogP contribution is 2.27. The average molecular weight is 324 g/mol. The molecule has 1 aromatic heterocycles. The molecule has 1 N–H and O–H groups in total. The van der Waals surface area contributed by atoms with Crippen molar-refractivity contribution in [2.75, 3.05) is 5.32 Å². The van der Waals surface area contributed by atoms with Crippen LogP contribution in [0, 0.1) is 18.3 Å². The van der Waals surface area contributed by atoms with Gasteiger partial charge >= 0.3 is 0 Å². The molecule has 2 aromatic rings. The zero-order valence-electron chi connectivity index (χ0n) is 9.41. The molecule has 4 nitrogen and oxygen atoms in total. The van der Waals surface area contributed by atoms with Gasteiger partial charge in [0, 0.05) is 10.2 Å². The highest BCUT2D eigenvalue weighted by atomic mass is 79.9. The fourth-order valence-electron chi connectivity index (χ4n) is 1.40. The normalized spacial score (nSPS) is 9.89. The molecule has 0 aliphatic carbocycles. The number of aromatic nitrogens is 2. The molecule has 1 heterocycles. The summed E-state index contributed by atoms with van der Waals surface area (Å²) in [4.78, 5) is 8.26. The van der Waals surface area contributed by atoms with Crippen molar-refractivity contribution in [1.82, 2.24) is 9.97 Å². The Balaban J connectivity index is 2.37. The Morgan fingerprint density at radius 2 is 2.11 bits per heavy atom. The largest absolute Gasteiger partial charge is 0.323 e. The Hall–Kier alpha value is -1.64. The third-order valence-corrected chi connectivity index (χ3v) is 2.97. The molecule has 0 bridgehead atoms. The first-order chi connectivity index (χ1) is 8.58. The first-order valence-corrected chi connectivity index (χ1v) is 6.23. The molecule has 2 rings (SSSR count). The zero-order valence-corrected chi connectivity index (χ0v) is 11.7. The van der Waals surface area contributed by atoms with E-state index in [4.69, 9.17) is 16.9 Å². The lowest BCUT2D eigenvalue weighted by atomic mass is 10.3. The molecule has 0 aliphatic rings. The van der Waals surface area contributed by atoms with E-state index in [0.717, 1.165) is 10.2 Å². The van der Waals surface area contributed by atoms with Crippen LogP contribution >= 0.6 is 27.5 Å². The average Bonchev–Trinajstić information content (AvgIpc) is 2.33. The summed E-state index contributed by atoms with van der Waals surface area (Å²) >= 11 is 9.42. The molecule has 0 saturated carbocycles. The molecule has 0 radical (unpaired) electrons. The summed E-state index contributed by atoms with van der Waals surface area (Å²) in [5.74, 6) is 0.353. The van der Waals surface area contributed by atoms with Crippen LogP contribution in [-0.2, 0) is 0 Å². The quantitative estimate of drug-likeness (QED) is 0.912. The summed E-state index contributed by atoms with van der Waals surface area (Å²) < 4.78 is 0.891. The van der Waals surface area contributed by atoms with E-state index in [0.29, 0.717) is 22.4 Å². The van der Waals surface area contributed by atoms with Gasteiger partial charge in [-0.25, -0.2) is 9.97 Å². The molecule has 18 heavy (non-hydrogen) atoms. The smallest absolute Gasteiger partial charge is 0.228 e. The van der Waals surface area contributed by atoms with E-state index in [9.17, 15) is 0 Å². The number of halogens is 2. The van der Waals surface area contributed by atoms with Crippen LogP contribution in [0.15, 0.2) is 28.7 Å². The van der Waals surface area contributed by atoms with Gasteiger partial charge in [-0.05, 0) is 31.2 Å². The van der Waals surface area contributed by atoms with E-state index in [1.54, 1.807) is 19.1 Å². The number of benzene rings is 1. The molecule has 0 atom stereocenters. The van der Waals surface area contributed by atoms with Crippen LogP contribution in [0.5, 0.6) is 0 Å². The van der Waals surface area contributed by atoms with Crippen LogP contribution in [0.3, 0.4) is 0 Å². The summed E-state index contributed by atoms with van der Waals surface area (Å²) in [5, 5.41) is 12.4. The van der Waals surface area contributed by atoms with E-state index in [-0.39, 0.29) is 0 Å². The number of nitrogens with one attached hydrogen (secondary N) is 1. The van der Waals surface area contributed by atoms with Gasteiger partial charge in [0.15, 0.2) is 0 Å². The lowest BCUT2D eigenvalue weighted by Crippen LogP contribution is -2.00. The minimum atomic E-state index is 0.316. The van der Waals surface area contributed by atoms with Gasteiger partial charge in [0.25, 0.3) is 0 Å². The fraction of sp³-hybridized carbons (Fsp3) is 0.0833. The van der Waals surface area contributed by atoms with Gasteiger partial charge < -0.3 is 5.32 Å². The van der Waals surface area contributed by atoms with Gasteiger partial charge in [0.1, 0.15) is 11.8 Å². The molecule has 0 unspecified atom stereocenters. The van der Waals surface area contributed by atoms with Crippen LogP contribution in [0.25, 0.3) is 0 Å². The first-order valence-electron chi connectivity index (χ1n) is 5.06. The number of hydrogen-bond donors (Lipinski definition) is 1. The van der Waals surface area contributed by atoms with E-state index in [2.05, 4.69) is 31.2 Å². The standard InChI is InChI=1S/C12H8BrClN4/c1-7-4-9(6-15)17-12(16-7)18-11-5-8(13)2-3-10(11)14/h2-5H,1H3,(H,16,17,18). The Morgan fingerprint density at radius 3 is 2.83 bits per heavy atom. The second kappa shape index (κ2) is 5.34. The summed E-state index contributed by atoms with van der Waals surface area (Å²) in [6.07, 6.45) is 0. The number of aryl methyl sites for hydroxylation is 1. The predicted octanol–water partition coefficient (Wildman–Crippen LogP) is 3.82. The molecule has 0 saturated heterocycles. The van der Waals surface area contributed by atoms with Crippen LogP contribution in [0.2, 0.25) is 5.02 Å². The van der Waals surface area contributed by atoms with Gasteiger partial charge in [0.2, 0.25) is 5.95 Å². The van der Waals surface area contributed by atoms with Gasteiger partial charge in [-0.2, -0.15) is 5.26 Å². The Bertz CT molecular complexity index is 636. The lowest BCUT2D eigenvalue weighted by Gasteiger charge is -2.08. The molecule has 0 spiro atoms. The SMILES string of the molecule is Cc1cc(C#N)nc(Nc2cc(Br)ccc2Cl)n1. The summed E-state index contributed by atoms with van der Waals surface area (Å²) in [5.41, 5.74) is 1.71. The van der Waals surface area contributed by atoms with Gasteiger partial charge in [0.05, 0.1) is 10.7 Å². The molecular formula is C12H8BrClN4. The van der Waals surface area contributed by atoms with E-state index >= 15 is 0 Å². The Kier molecular flexibility index (Phi) is 3.80. The fourth-order valence-corrected chi connectivity index (χ4v) is 1.92. The van der Waals surface area contributed by atoms with Crippen LogP contribution in [-0.4, -0.2) is 9.97 Å². The van der Waals surface area contributed by atoms with Crippen molar-refractivity contribution in [2.24, 2.45) is 0 Å². The predicted molar refractivity (Wildman–Crippen MR) is 73.9 cm³/mol. The van der Waals surface area contributed by atoms with Crippen molar-refractivity contribution < 1.29 is 0 Å². The Labute approximate surface area is 118 Å². The maximum Gasteiger partial charge on any atom is 0.228 e. The number of rotatable bonds is 2. The van der Waals surface area contributed by atoms with Crippen molar-refractivity contribution >= 4 is 39.2 Å². The molecule has 6 heteroatoms. The van der Waals surface area contributed by atoms with Crippen molar-refractivity contribution in [2.45, 2.75) is 6.92 Å². The van der Waals surface area contributed by atoms with Crippen molar-refractivity contribution in [3.05, 3.63) is 45.1 Å². The van der Waals surface area contributed by atoms with Crippen molar-refractivity contribution in [1.29, 1.82) is 5.26 Å². The second-order valence-corrected chi connectivity index (χ2v) is 4.90.